The van der Waals surface area contributed by atoms with Gasteiger partial charge in [0, 0.05) is 57.1 Å². The van der Waals surface area contributed by atoms with Crippen LogP contribution in [0.25, 0.3) is 10.9 Å². The molecule has 0 atom stereocenters. The molecule has 4 heterocycles. The lowest BCUT2D eigenvalue weighted by Crippen LogP contribution is -2.46. The zero-order chi connectivity index (χ0) is 24.9. The molecular weight excluding hydrogens is 456 g/mol. The molecule has 0 unspecified atom stereocenters. The van der Waals surface area contributed by atoms with E-state index in [1.165, 1.54) is 0 Å². The minimum atomic E-state index is -0.346. The third-order valence-corrected chi connectivity index (χ3v) is 6.94. The van der Waals surface area contributed by atoms with Crippen LogP contribution in [0, 0.1) is 28.6 Å². The Morgan fingerprint density at radius 3 is 2.42 bits per heavy atom. The number of anilines is 4. The standard InChI is InChI=1S/C25H28N10O/c26-8-5-18-6-10-35(11-7-18)25-30-21-17-28-32-24(36)22(21)23(31-25)29-19-1-3-20(4-2-19)34-15-13-33(12-9-27)14-16-34/h1-4,17-18H,5-7,10-16H2,(H,32,36)(H,29,30,31). The lowest BCUT2D eigenvalue weighted by molar-refractivity contribution is 0.287. The number of nitrogens with zero attached hydrogens (tertiary/aromatic N) is 8. The summed E-state index contributed by atoms with van der Waals surface area (Å²) in [6.07, 6.45) is 3.95. The monoisotopic (exact) mass is 484 g/mol. The van der Waals surface area contributed by atoms with E-state index in [4.69, 9.17) is 15.5 Å². The van der Waals surface area contributed by atoms with Crippen LogP contribution in [0.4, 0.5) is 23.1 Å². The SMILES string of the molecule is N#CCC1CCN(c2nc(Nc3ccc(N4CCN(CC#N)CC4)cc3)c3c(=O)[nH]ncc3n2)CC1. The average molecular weight is 485 g/mol. The number of nitrogens with one attached hydrogen (secondary N) is 2. The first-order chi connectivity index (χ1) is 17.6. The maximum Gasteiger partial charge on any atom is 0.277 e. The summed E-state index contributed by atoms with van der Waals surface area (Å²) >= 11 is 0. The van der Waals surface area contributed by atoms with Gasteiger partial charge in [-0.2, -0.15) is 20.6 Å². The Balaban J connectivity index is 1.35. The van der Waals surface area contributed by atoms with E-state index in [0.717, 1.165) is 63.5 Å². The van der Waals surface area contributed by atoms with Crippen molar-refractivity contribution in [2.75, 3.05) is 60.9 Å². The molecule has 36 heavy (non-hydrogen) atoms. The van der Waals surface area contributed by atoms with Gasteiger partial charge in [0.2, 0.25) is 5.95 Å². The highest BCUT2D eigenvalue weighted by Gasteiger charge is 2.23. The van der Waals surface area contributed by atoms with Crippen molar-refractivity contribution in [2.24, 2.45) is 5.92 Å². The first-order valence-corrected chi connectivity index (χ1v) is 12.2. The van der Waals surface area contributed by atoms with Gasteiger partial charge in [0.05, 0.1) is 24.9 Å². The molecule has 2 aliphatic rings. The molecule has 0 spiro atoms. The number of nitriles is 2. The van der Waals surface area contributed by atoms with E-state index < -0.39 is 0 Å². The van der Waals surface area contributed by atoms with Gasteiger partial charge in [-0.25, -0.2) is 10.1 Å². The van der Waals surface area contributed by atoms with E-state index in [1.807, 2.05) is 12.1 Å². The van der Waals surface area contributed by atoms with E-state index >= 15 is 0 Å². The van der Waals surface area contributed by atoms with Gasteiger partial charge in [-0.15, -0.1) is 0 Å². The molecule has 3 aromatic rings. The van der Waals surface area contributed by atoms with Crippen molar-refractivity contribution in [3.8, 4) is 12.1 Å². The molecule has 2 N–H and O–H groups in total. The Bertz CT molecular complexity index is 1340. The lowest BCUT2D eigenvalue weighted by atomic mass is 9.94. The summed E-state index contributed by atoms with van der Waals surface area (Å²) in [5, 5.41) is 28.0. The number of hydrogen-bond donors (Lipinski definition) is 2. The topological polar surface area (TPSA) is 141 Å². The molecule has 2 saturated heterocycles. The summed E-state index contributed by atoms with van der Waals surface area (Å²) in [5.41, 5.74) is 2.07. The van der Waals surface area contributed by atoms with E-state index in [1.54, 1.807) is 6.20 Å². The second-order valence-corrected chi connectivity index (χ2v) is 9.22. The second-order valence-electron chi connectivity index (χ2n) is 9.22. The molecule has 11 heteroatoms. The van der Waals surface area contributed by atoms with Crippen LogP contribution in [0.15, 0.2) is 35.3 Å². The summed E-state index contributed by atoms with van der Waals surface area (Å²) in [6, 6.07) is 12.6. The Hall–Kier alpha value is -4.22. The summed E-state index contributed by atoms with van der Waals surface area (Å²) in [7, 11) is 0. The maximum atomic E-state index is 12.6. The molecule has 0 saturated carbocycles. The first kappa shape index (κ1) is 23.5. The van der Waals surface area contributed by atoms with Gasteiger partial charge in [0.25, 0.3) is 5.56 Å². The molecule has 184 valence electrons. The van der Waals surface area contributed by atoms with Crippen molar-refractivity contribution >= 4 is 34.0 Å². The number of hydrogen-bond acceptors (Lipinski definition) is 10. The van der Waals surface area contributed by atoms with Gasteiger partial charge in [-0.3, -0.25) is 9.69 Å². The van der Waals surface area contributed by atoms with Crippen LogP contribution in [-0.4, -0.2) is 70.9 Å². The number of rotatable bonds is 6. The number of piperidine rings is 1. The molecule has 0 radical (unpaired) electrons. The number of piperazine rings is 1. The van der Waals surface area contributed by atoms with Gasteiger partial charge in [0.1, 0.15) is 16.7 Å². The van der Waals surface area contributed by atoms with Crippen LogP contribution in [-0.2, 0) is 0 Å². The van der Waals surface area contributed by atoms with Crippen molar-refractivity contribution in [3.05, 3.63) is 40.8 Å². The first-order valence-electron chi connectivity index (χ1n) is 12.2. The Morgan fingerprint density at radius 1 is 0.972 bits per heavy atom. The molecule has 5 rings (SSSR count). The summed E-state index contributed by atoms with van der Waals surface area (Å²) < 4.78 is 0. The third-order valence-electron chi connectivity index (χ3n) is 6.94. The van der Waals surface area contributed by atoms with Crippen LogP contribution >= 0.6 is 0 Å². The van der Waals surface area contributed by atoms with Crippen LogP contribution < -0.4 is 20.7 Å². The van der Waals surface area contributed by atoms with Crippen molar-refractivity contribution in [3.63, 3.8) is 0 Å². The zero-order valence-electron chi connectivity index (χ0n) is 20.0. The fourth-order valence-corrected chi connectivity index (χ4v) is 4.85. The summed E-state index contributed by atoms with van der Waals surface area (Å²) in [4.78, 5) is 28.5. The summed E-state index contributed by atoms with van der Waals surface area (Å²) in [6.45, 7) is 5.50. The maximum absolute atomic E-state index is 12.6. The number of H-pyrrole nitrogens is 1. The Labute approximate surface area is 209 Å². The van der Waals surface area contributed by atoms with Crippen molar-refractivity contribution in [1.82, 2.24) is 25.1 Å². The molecule has 2 aromatic heterocycles. The van der Waals surface area contributed by atoms with Crippen molar-refractivity contribution in [1.29, 1.82) is 10.5 Å². The van der Waals surface area contributed by atoms with Crippen LogP contribution in [0.5, 0.6) is 0 Å². The van der Waals surface area contributed by atoms with Crippen LogP contribution in [0.2, 0.25) is 0 Å². The molecular formula is C25H28N10O. The van der Waals surface area contributed by atoms with E-state index in [9.17, 15) is 4.79 Å². The minimum absolute atomic E-state index is 0.346. The van der Waals surface area contributed by atoms with Crippen molar-refractivity contribution < 1.29 is 0 Å². The largest absolute Gasteiger partial charge is 0.369 e. The Morgan fingerprint density at radius 2 is 1.72 bits per heavy atom. The average Bonchev–Trinajstić information content (AvgIpc) is 2.90. The molecule has 0 aliphatic carbocycles. The molecule has 0 bridgehead atoms. The van der Waals surface area contributed by atoms with Gasteiger partial charge in [0.15, 0.2) is 0 Å². The van der Waals surface area contributed by atoms with E-state index in [2.05, 4.69) is 59.5 Å². The fraction of sp³-hybridized carbons (Fsp3) is 0.440. The lowest BCUT2D eigenvalue weighted by Gasteiger charge is -2.35. The van der Waals surface area contributed by atoms with Crippen LogP contribution in [0.3, 0.4) is 0 Å². The highest BCUT2D eigenvalue weighted by molar-refractivity contribution is 5.90. The predicted octanol–water partition coefficient (Wildman–Crippen LogP) is 2.23. The van der Waals surface area contributed by atoms with Gasteiger partial charge in [-0.05, 0) is 43.0 Å². The third kappa shape index (κ3) is 5.07. The number of fused-ring (bicyclic) bond motifs is 1. The normalized spacial score (nSPS) is 17.1. The highest BCUT2D eigenvalue weighted by Crippen LogP contribution is 2.28. The molecule has 11 nitrogen and oxygen atoms in total. The fourth-order valence-electron chi connectivity index (χ4n) is 4.85. The van der Waals surface area contributed by atoms with Gasteiger partial charge >= 0.3 is 0 Å². The predicted molar refractivity (Wildman–Crippen MR) is 137 cm³/mol. The van der Waals surface area contributed by atoms with Crippen molar-refractivity contribution in [2.45, 2.75) is 19.3 Å². The quantitative estimate of drug-likeness (QED) is 0.500. The van der Waals surface area contributed by atoms with Gasteiger partial charge in [-0.1, -0.05) is 0 Å². The highest BCUT2D eigenvalue weighted by atomic mass is 16.1. The number of aromatic nitrogens is 4. The number of aromatic amines is 1. The second kappa shape index (κ2) is 10.6. The molecule has 2 aliphatic heterocycles. The molecule has 0 amide bonds. The van der Waals surface area contributed by atoms with Gasteiger partial charge < -0.3 is 15.1 Å². The van der Waals surface area contributed by atoms with E-state index in [-0.39, 0.29) is 5.56 Å². The summed E-state index contributed by atoms with van der Waals surface area (Å²) in [5.74, 6) is 1.40. The Kier molecular flexibility index (Phi) is 6.92. The molecule has 1 aromatic carbocycles. The number of benzene rings is 1. The zero-order valence-corrected chi connectivity index (χ0v) is 20.0. The van der Waals surface area contributed by atoms with Crippen LogP contribution in [0.1, 0.15) is 19.3 Å². The smallest absolute Gasteiger partial charge is 0.277 e. The minimum Gasteiger partial charge on any atom is -0.369 e. The van der Waals surface area contributed by atoms with E-state index in [0.29, 0.717) is 41.6 Å². The molecule has 2 fully saturated rings.